The molecule has 0 N–H and O–H groups in total. The normalized spacial score (nSPS) is 9.70. The Morgan fingerprint density at radius 1 is 1.20 bits per heavy atom. The molecule has 1 aromatic carbocycles. The lowest BCUT2D eigenvalue weighted by atomic mass is 10.2. The van der Waals surface area contributed by atoms with Crippen LogP contribution in [0, 0.1) is 6.26 Å². The lowest BCUT2D eigenvalue weighted by Crippen LogP contribution is -1.74. The molecule has 0 heterocycles. The van der Waals surface area contributed by atoms with Crippen LogP contribution in [0.3, 0.4) is 0 Å². The maximum Gasteiger partial charge on any atom is 0.0288 e. The SMILES string of the molecule is [CH2]SSCc1ccccc1. The zero-order valence-electron chi connectivity index (χ0n) is 5.62. The fourth-order valence-corrected chi connectivity index (χ4v) is 1.75. The van der Waals surface area contributed by atoms with E-state index < -0.39 is 0 Å². The molecule has 0 fully saturated rings. The minimum Gasteiger partial charge on any atom is -0.0929 e. The predicted octanol–water partition coefficient (Wildman–Crippen LogP) is 3.36. The van der Waals surface area contributed by atoms with Gasteiger partial charge < -0.3 is 0 Å². The average molecular weight is 169 g/mol. The molecule has 0 aliphatic carbocycles. The maximum absolute atomic E-state index is 3.68. The van der Waals surface area contributed by atoms with Crippen molar-refractivity contribution < 1.29 is 0 Å². The van der Waals surface area contributed by atoms with E-state index in [2.05, 4.69) is 30.5 Å². The van der Waals surface area contributed by atoms with Crippen LogP contribution < -0.4 is 0 Å². The van der Waals surface area contributed by atoms with Gasteiger partial charge in [0.25, 0.3) is 0 Å². The molecule has 0 nitrogen and oxygen atoms in total. The molecule has 0 aliphatic heterocycles. The van der Waals surface area contributed by atoms with Gasteiger partial charge in [-0.1, -0.05) is 51.9 Å². The summed E-state index contributed by atoms with van der Waals surface area (Å²) >= 11 is 0. The van der Waals surface area contributed by atoms with Crippen molar-refractivity contribution in [2.45, 2.75) is 5.75 Å². The van der Waals surface area contributed by atoms with E-state index in [0.717, 1.165) is 5.75 Å². The van der Waals surface area contributed by atoms with Crippen LogP contribution >= 0.6 is 21.6 Å². The highest BCUT2D eigenvalue weighted by Gasteiger charge is 1.88. The lowest BCUT2D eigenvalue weighted by molar-refractivity contribution is 1.43. The van der Waals surface area contributed by atoms with Crippen molar-refractivity contribution in [1.29, 1.82) is 0 Å². The summed E-state index contributed by atoms with van der Waals surface area (Å²) in [6.45, 7) is 0. The van der Waals surface area contributed by atoms with Crippen molar-refractivity contribution in [2.24, 2.45) is 0 Å². The van der Waals surface area contributed by atoms with Crippen LogP contribution in [0.4, 0.5) is 0 Å². The summed E-state index contributed by atoms with van der Waals surface area (Å²) in [7, 11) is 3.33. The molecular formula is C8H9S2. The van der Waals surface area contributed by atoms with Crippen molar-refractivity contribution in [3.05, 3.63) is 42.2 Å². The van der Waals surface area contributed by atoms with Gasteiger partial charge in [-0.3, -0.25) is 0 Å². The van der Waals surface area contributed by atoms with Crippen molar-refractivity contribution >= 4 is 21.6 Å². The first kappa shape index (κ1) is 8.02. The number of hydrogen-bond donors (Lipinski definition) is 0. The van der Waals surface area contributed by atoms with Crippen LogP contribution in [0.2, 0.25) is 0 Å². The first-order chi connectivity index (χ1) is 4.93. The van der Waals surface area contributed by atoms with E-state index in [1.165, 1.54) is 5.56 Å². The fourth-order valence-electron chi connectivity index (χ4n) is 0.684. The Morgan fingerprint density at radius 3 is 2.50 bits per heavy atom. The minimum absolute atomic E-state index is 1.05. The summed E-state index contributed by atoms with van der Waals surface area (Å²) in [5.74, 6) is 1.05. The molecule has 0 atom stereocenters. The fraction of sp³-hybridized carbons (Fsp3) is 0.125. The molecule has 1 aromatic rings. The molecule has 0 spiro atoms. The molecule has 0 aromatic heterocycles. The van der Waals surface area contributed by atoms with Crippen LogP contribution in [0.25, 0.3) is 0 Å². The van der Waals surface area contributed by atoms with Crippen LogP contribution in [-0.4, -0.2) is 0 Å². The highest BCUT2D eigenvalue weighted by atomic mass is 33.1. The first-order valence-corrected chi connectivity index (χ1v) is 5.50. The third kappa shape index (κ3) is 2.67. The number of rotatable bonds is 3. The second-order valence-corrected chi connectivity index (χ2v) is 4.04. The Hall–Kier alpha value is -0.0800. The number of benzene rings is 1. The van der Waals surface area contributed by atoms with E-state index in [1.807, 2.05) is 6.07 Å². The maximum atomic E-state index is 3.68. The summed E-state index contributed by atoms with van der Waals surface area (Å²) in [5.41, 5.74) is 1.36. The third-order valence-electron chi connectivity index (χ3n) is 1.15. The smallest absolute Gasteiger partial charge is 0.0288 e. The van der Waals surface area contributed by atoms with E-state index in [-0.39, 0.29) is 0 Å². The largest absolute Gasteiger partial charge is 0.0929 e. The highest BCUT2D eigenvalue weighted by Crippen LogP contribution is 2.23. The Kier molecular flexibility index (Phi) is 3.76. The van der Waals surface area contributed by atoms with Gasteiger partial charge in [0, 0.05) is 12.0 Å². The van der Waals surface area contributed by atoms with E-state index in [1.54, 1.807) is 21.6 Å². The molecule has 0 aliphatic rings. The van der Waals surface area contributed by atoms with Gasteiger partial charge in [-0.25, -0.2) is 0 Å². The molecule has 1 radical (unpaired) electrons. The second-order valence-electron chi connectivity index (χ2n) is 1.87. The van der Waals surface area contributed by atoms with Gasteiger partial charge in [-0.15, -0.1) is 0 Å². The summed E-state index contributed by atoms with van der Waals surface area (Å²) < 4.78 is 0. The van der Waals surface area contributed by atoms with Crippen LogP contribution in [-0.2, 0) is 5.75 Å². The predicted molar refractivity (Wildman–Crippen MR) is 50.7 cm³/mol. The van der Waals surface area contributed by atoms with Gasteiger partial charge in [0.15, 0.2) is 0 Å². The van der Waals surface area contributed by atoms with E-state index >= 15 is 0 Å². The molecule has 0 unspecified atom stereocenters. The van der Waals surface area contributed by atoms with Gasteiger partial charge in [-0.2, -0.15) is 0 Å². The quantitative estimate of drug-likeness (QED) is 0.636. The standard InChI is InChI=1S/C8H9S2/c1-9-10-7-8-5-3-2-4-6-8/h2-6H,1,7H2. The van der Waals surface area contributed by atoms with E-state index in [9.17, 15) is 0 Å². The van der Waals surface area contributed by atoms with Gasteiger partial charge in [0.1, 0.15) is 0 Å². The lowest BCUT2D eigenvalue weighted by Gasteiger charge is -1.95. The summed E-state index contributed by atoms with van der Waals surface area (Å²) in [6, 6.07) is 10.4. The molecule has 10 heavy (non-hydrogen) atoms. The highest BCUT2D eigenvalue weighted by molar-refractivity contribution is 8.76. The molecule has 1 rings (SSSR count). The van der Waals surface area contributed by atoms with Crippen LogP contribution in [0.1, 0.15) is 5.56 Å². The molecular weight excluding hydrogens is 160 g/mol. The Morgan fingerprint density at radius 2 is 1.90 bits per heavy atom. The van der Waals surface area contributed by atoms with Crippen molar-refractivity contribution in [1.82, 2.24) is 0 Å². The topological polar surface area (TPSA) is 0 Å². The molecule has 2 heteroatoms. The van der Waals surface area contributed by atoms with Gasteiger partial charge in [0.2, 0.25) is 0 Å². The van der Waals surface area contributed by atoms with Crippen molar-refractivity contribution in [3.63, 3.8) is 0 Å². The van der Waals surface area contributed by atoms with E-state index in [0.29, 0.717) is 0 Å². The number of hydrogen-bond acceptors (Lipinski definition) is 2. The van der Waals surface area contributed by atoms with Gasteiger partial charge in [-0.05, 0) is 5.56 Å². The molecule has 53 valence electrons. The molecule has 0 bridgehead atoms. The van der Waals surface area contributed by atoms with E-state index in [4.69, 9.17) is 0 Å². The van der Waals surface area contributed by atoms with Crippen molar-refractivity contribution in [2.75, 3.05) is 0 Å². The van der Waals surface area contributed by atoms with Gasteiger partial charge >= 0.3 is 0 Å². The second kappa shape index (κ2) is 4.69. The third-order valence-corrected chi connectivity index (χ3v) is 2.62. The van der Waals surface area contributed by atoms with Gasteiger partial charge in [0.05, 0.1) is 0 Å². The van der Waals surface area contributed by atoms with Crippen LogP contribution in [0.5, 0.6) is 0 Å². The Bertz CT molecular complexity index is 172. The monoisotopic (exact) mass is 169 g/mol. The summed E-state index contributed by atoms with van der Waals surface area (Å²) in [5, 5.41) is 0. The van der Waals surface area contributed by atoms with Crippen molar-refractivity contribution in [3.8, 4) is 0 Å². The minimum atomic E-state index is 1.05. The Labute approximate surface area is 69.8 Å². The van der Waals surface area contributed by atoms with Crippen LogP contribution in [0.15, 0.2) is 30.3 Å². The summed E-state index contributed by atoms with van der Waals surface area (Å²) in [6.07, 6.45) is 3.68. The zero-order valence-corrected chi connectivity index (χ0v) is 7.25. The first-order valence-electron chi connectivity index (χ1n) is 3.01. The average Bonchev–Trinajstić information content (AvgIpc) is 2.03. The zero-order chi connectivity index (χ0) is 7.23. The molecule has 0 saturated carbocycles. The molecule has 0 amide bonds. The molecule has 0 saturated heterocycles. The summed E-state index contributed by atoms with van der Waals surface area (Å²) in [4.78, 5) is 0. The Balaban J connectivity index is 2.43.